The summed E-state index contributed by atoms with van der Waals surface area (Å²) in [5.41, 5.74) is 4.97. The number of hydrogen-bond acceptors (Lipinski definition) is 15. The van der Waals surface area contributed by atoms with Crippen LogP contribution in [0.15, 0.2) is 54.6 Å². The standard InChI is InChI=1S/C46H44N4O10S/c1-22-14-26-15-28-29(18-47)50-30-19-57-45(54)46(27-17-32(55-3)31(51)16-25(27)12-13-48-46)20-61-44(38(50)37(49-28)34(26)39(53)40(22)56-4)36-35(30)43-42(58-21-59-43)23(2)41(36)60-33(52)11-10-24-8-6-5-7-9-24/h5-11,14,16-17,28-30,37-38,44,48-49,51,53H,12-13,15,19-21H2,1-4H3/b11-10+/t28?,29-,30-,37?,38+,44+,46+/m0/s1. The second-order valence-electron chi connectivity index (χ2n) is 16.2. The number of nitrogens with one attached hydrogen (secondary N) is 2. The molecule has 0 aromatic heterocycles. The Morgan fingerprint density at radius 3 is 2.59 bits per heavy atom. The summed E-state index contributed by atoms with van der Waals surface area (Å²) in [6.07, 6.45) is 4.07. The van der Waals surface area contributed by atoms with E-state index in [0.717, 1.165) is 22.3 Å². The quantitative estimate of drug-likeness (QED) is 0.115. The molecule has 2 saturated heterocycles. The molecule has 7 aliphatic heterocycles. The molecule has 4 aromatic carbocycles. The van der Waals surface area contributed by atoms with Gasteiger partial charge in [-0.1, -0.05) is 36.4 Å². The molecular weight excluding hydrogens is 801 g/mol. The predicted molar refractivity (Wildman–Crippen MR) is 223 cm³/mol. The van der Waals surface area contributed by atoms with Crippen molar-refractivity contribution in [1.82, 2.24) is 15.5 Å². The molecule has 7 heterocycles. The van der Waals surface area contributed by atoms with Crippen molar-refractivity contribution >= 4 is 29.8 Å². The summed E-state index contributed by atoms with van der Waals surface area (Å²) in [5, 5.41) is 40.7. The van der Waals surface area contributed by atoms with Gasteiger partial charge in [-0.2, -0.15) is 5.26 Å². The van der Waals surface area contributed by atoms with Gasteiger partial charge in [0.25, 0.3) is 0 Å². The number of phenolic OH excluding ortho intramolecular Hbond substituents is 2. The molecule has 1 spiro atoms. The molecule has 7 atom stereocenters. The number of esters is 2. The van der Waals surface area contributed by atoms with Crippen LogP contribution < -0.4 is 34.3 Å². The van der Waals surface area contributed by atoms with Crippen LogP contribution in [0.4, 0.5) is 0 Å². The minimum Gasteiger partial charge on any atom is -0.504 e. The molecule has 0 amide bonds. The van der Waals surface area contributed by atoms with Crippen molar-refractivity contribution in [2.75, 3.05) is 39.9 Å². The molecule has 2 fully saturated rings. The highest BCUT2D eigenvalue weighted by Gasteiger charge is 2.60. The first-order chi connectivity index (χ1) is 29.6. The number of piperazine rings is 1. The SMILES string of the molecule is COc1cc2c(cc1O)CCN[C@]21CS[C@@H]2c3c(OC(=O)/C=C/c4ccccc4)c(C)c4c(c3[C@H](COC1=O)N1[C@@H]2C2NC(Cc3cc(C)c(OC)c(O)c32)[C@@H]1C#N)OCO4. The van der Waals surface area contributed by atoms with E-state index in [-0.39, 0.29) is 48.2 Å². The van der Waals surface area contributed by atoms with Crippen LogP contribution in [-0.4, -0.2) is 85.1 Å². The number of nitrogens with zero attached hydrogens (tertiary/aromatic N) is 2. The largest absolute Gasteiger partial charge is 0.504 e. The molecule has 0 saturated carbocycles. The van der Waals surface area contributed by atoms with Crippen molar-refractivity contribution in [3.05, 3.63) is 105 Å². The number of methoxy groups -OCH3 is 2. The summed E-state index contributed by atoms with van der Waals surface area (Å²) < 4.78 is 36.6. The number of hydrogen-bond donors (Lipinski definition) is 4. The number of aryl methyl sites for hydroxylation is 1. The summed E-state index contributed by atoms with van der Waals surface area (Å²) >= 11 is 1.46. The summed E-state index contributed by atoms with van der Waals surface area (Å²) in [6.45, 7) is 3.84. The number of fused-ring (bicyclic) bond motifs is 9. The number of thioether (sulfide) groups is 1. The normalized spacial score (nSPS) is 27.0. The number of carbonyl (C=O) groups excluding carboxylic acids is 2. The number of benzene rings is 4. The number of rotatable bonds is 5. The van der Waals surface area contributed by atoms with Gasteiger partial charge in [0, 0.05) is 52.7 Å². The van der Waals surface area contributed by atoms with Crippen molar-refractivity contribution in [3.8, 4) is 46.3 Å². The van der Waals surface area contributed by atoms with Gasteiger partial charge < -0.3 is 44.0 Å². The third-order valence-electron chi connectivity index (χ3n) is 13.1. The zero-order valence-electron chi connectivity index (χ0n) is 33.9. The maximum Gasteiger partial charge on any atom is 0.336 e. The van der Waals surface area contributed by atoms with E-state index in [4.69, 9.17) is 28.4 Å². The minimum absolute atomic E-state index is 0.0132. The fraction of sp³-hybridized carbons (Fsp3) is 0.370. The Hall–Kier alpha value is -5.92. The molecule has 14 nitrogen and oxygen atoms in total. The molecule has 15 heteroatoms. The van der Waals surface area contributed by atoms with Gasteiger partial charge in [-0.3, -0.25) is 10.2 Å². The van der Waals surface area contributed by atoms with Gasteiger partial charge in [0.05, 0.1) is 37.6 Å². The third kappa shape index (κ3) is 5.94. The van der Waals surface area contributed by atoms with Crippen molar-refractivity contribution in [2.24, 2.45) is 0 Å². The van der Waals surface area contributed by atoms with Crippen molar-refractivity contribution < 1.29 is 48.2 Å². The Morgan fingerprint density at radius 2 is 1.82 bits per heavy atom. The average molecular weight is 845 g/mol. The molecule has 7 aliphatic rings. The van der Waals surface area contributed by atoms with E-state index in [1.54, 1.807) is 18.2 Å². The second-order valence-corrected chi connectivity index (χ2v) is 17.4. The lowest BCUT2D eigenvalue weighted by atomic mass is 9.72. The van der Waals surface area contributed by atoms with Crippen LogP contribution in [-0.2, 0) is 32.7 Å². The summed E-state index contributed by atoms with van der Waals surface area (Å²) in [4.78, 5) is 31.0. The highest BCUT2D eigenvalue weighted by atomic mass is 32.2. The highest BCUT2D eigenvalue weighted by molar-refractivity contribution is 7.99. The summed E-state index contributed by atoms with van der Waals surface area (Å²) in [5.74, 6) is 0.663. The maximum atomic E-state index is 14.9. The first kappa shape index (κ1) is 39.2. The van der Waals surface area contributed by atoms with Crippen molar-refractivity contribution in [2.45, 2.75) is 67.7 Å². The molecule has 314 valence electrons. The van der Waals surface area contributed by atoms with Crippen LogP contribution in [0.3, 0.4) is 0 Å². The Bertz CT molecular complexity index is 2580. The van der Waals surface area contributed by atoms with E-state index in [1.165, 1.54) is 32.1 Å². The van der Waals surface area contributed by atoms with Crippen LogP contribution in [0.5, 0.6) is 40.2 Å². The van der Waals surface area contributed by atoms with E-state index >= 15 is 0 Å². The molecule has 11 rings (SSSR count). The van der Waals surface area contributed by atoms with Crippen LogP contribution in [0.2, 0.25) is 0 Å². The summed E-state index contributed by atoms with van der Waals surface area (Å²) in [6, 6.07) is 14.3. The van der Waals surface area contributed by atoms with Gasteiger partial charge in [-0.15, -0.1) is 11.8 Å². The second kappa shape index (κ2) is 14.9. The first-order valence-corrected chi connectivity index (χ1v) is 21.3. The molecule has 0 aliphatic carbocycles. The van der Waals surface area contributed by atoms with Crippen LogP contribution in [0.1, 0.15) is 67.4 Å². The van der Waals surface area contributed by atoms with E-state index in [1.807, 2.05) is 50.2 Å². The molecule has 61 heavy (non-hydrogen) atoms. The Labute approximate surface area is 356 Å². The number of ether oxygens (including phenoxy) is 6. The van der Waals surface area contributed by atoms with Gasteiger partial charge in [-0.25, -0.2) is 9.59 Å². The first-order valence-electron chi connectivity index (χ1n) is 20.3. The number of nitriles is 1. The Morgan fingerprint density at radius 1 is 1.02 bits per heavy atom. The molecule has 2 unspecified atom stereocenters. The monoisotopic (exact) mass is 844 g/mol. The predicted octanol–water partition coefficient (Wildman–Crippen LogP) is 5.34. The average Bonchev–Trinajstić information content (AvgIpc) is 3.76. The van der Waals surface area contributed by atoms with Crippen LogP contribution >= 0.6 is 11.8 Å². The van der Waals surface area contributed by atoms with Gasteiger partial charge in [0.15, 0.2) is 40.0 Å². The molecule has 4 bridgehead atoms. The number of carbonyl (C=O) groups is 2. The number of aromatic hydroxyl groups is 2. The lowest BCUT2D eigenvalue weighted by molar-refractivity contribution is -0.155. The van der Waals surface area contributed by atoms with E-state index in [9.17, 15) is 25.1 Å². The van der Waals surface area contributed by atoms with Gasteiger partial charge in [-0.05, 0) is 72.7 Å². The minimum atomic E-state index is -1.39. The summed E-state index contributed by atoms with van der Waals surface area (Å²) in [7, 11) is 2.99. The van der Waals surface area contributed by atoms with E-state index < -0.39 is 46.9 Å². The maximum absolute atomic E-state index is 14.9. The lowest BCUT2D eigenvalue weighted by Gasteiger charge is -2.59. The Kier molecular flexibility index (Phi) is 9.59. The topological polar surface area (TPSA) is 181 Å². The smallest absolute Gasteiger partial charge is 0.336 e. The molecular formula is C46H44N4O10S. The van der Waals surface area contributed by atoms with Gasteiger partial charge in [0.2, 0.25) is 6.79 Å². The zero-order chi connectivity index (χ0) is 42.3. The highest BCUT2D eigenvalue weighted by Crippen LogP contribution is 2.63. The zero-order valence-corrected chi connectivity index (χ0v) is 34.8. The van der Waals surface area contributed by atoms with E-state index in [2.05, 4.69) is 21.6 Å². The van der Waals surface area contributed by atoms with Crippen LogP contribution in [0, 0.1) is 25.2 Å². The Balaban J connectivity index is 1.21. The molecule has 4 N–H and O–H groups in total. The van der Waals surface area contributed by atoms with Crippen molar-refractivity contribution in [3.63, 3.8) is 0 Å². The fourth-order valence-electron chi connectivity index (χ4n) is 10.5. The lowest BCUT2D eigenvalue weighted by Crippen LogP contribution is -2.69. The molecule has 0 radical (unpaired) electrons. The van der Waals surface area contributed by atoms with Gasteiger partial charge >= 0.3 is 11.9 Å². The fourth-order valence-corrected chi connectivity index (χ4v) is 12.2. The number of phenols is 2. The molecule has 4 aromatic rings. The van der Waals surface area contributed by atoms with Gasteiger partial charge in [0.1, 0.15) is 18.4 Å². The third-order valence-corrected chi connectivity index (χ3v) is 14.6. The van der Waals surface area contributed by atoms with Crippen LogP contribution in [0.25, 0.3) is 6.08 Å². The van der Waals surface area contributed by atoms with Crippen molar-refractivity contribution in [1.29, 1.82) is 5.26 Å². The van der Waals surface area contributed by atoms with E-state index in [0.29, 0.717) is 64.5 Å².